The lowest BCUT2D eigenvalue weighted by Crippen LogP contribution is -2.38. The van der Waals surface area contributed by atoms with Crippen molar-refractivity contribution in [1.29, 1.82) is 0 Å². The van der Waals surface area contributed by atoms with Gasteiger partial charge in [-0.05, 0) is 70.6 Å². The van der Waals surface area contributed by atoms with E-state index >= 15 is 0 Å². The van der Waals surface area contributed by atoms with E-state index < -0.39 is 0 Å². The molecule has 3 heteroatoms. The fourth-order valence-corrected chi connectivity index (χ4v) is 3.10. The number of piperidine rings is 1. The molecule has 18 heavy (non-hydrogen) atoms. The van der Waals surface area contributed by atoms with E-state index in [-0.39, 0.29) is 0 Å². The second kappa shape index (κ2) is 8.13. The molecule has 0 aromatic rings. The maximum atomic E-state index is 5.69. The summed E-state index contributed by atoms with van der Waals surface area (Å²) < 4.78 is 5.69. The van der Waals surface area contributed by atoms with Gasteiger partial charge in [-0.15, -0.1) is 0 Å². The van der Waals surface area contributed by atoms with Crippen LogP contribution in [0.25, 0.3) is 0 Å². The minimum absolute atomic E-state index is 0.564. The van der Waals surface area contributed by atoms with E-state index in [9.17, 15) is 0 Å². The highest BCUT2D eigenvalue weighted by Gasteiger charge is 2.21. The van der Waals surface area contributed by atoms with Gasteiger partial charge < -0.3 is 15.0 Å². The van der Waals surface area contributed by atoms with E-state index in [1.807, 2.05) is 0 Å². The minimum Gasteiger partial charge on any atom is -0.378 e. The van der Waals surface area contributed by atoms with Crippen LogP contribution in [0.2, 0.25) is 0 Å². The molecule has 2 rings (SSSR count). The van der Waals surface area contributed by atoms with Crippen LogP contribution in [0.15, 0.2) is 0 Å². The van der Waals surface area contributed by atoms with Crippen LogP contribution >= 0.6 is 0 Å². The third-order valence-electron chi connectivity index (χ3n) is 4.36. The zero-order valence-corrected chi connectivity index (χ0v) is 12.0. The van der Waals surface area contributed by atoms with E-state index in [1.54, 1.807) is 0 Å². The Hall–Kier alpha value is -0.120. The lowest BCUT2D eigenvalue weighted by molar-refractivity contribution is 0.0850. The summed E-state index contributed by atoms with van der Waals surface area (Å²) in [5.41, 5.74) is 0. The summed E-state index contributed by atoms with van der Waals surface area (Å²) in [6.45, 7) is 9.49. The summed E-state index contributed by atoms with van der Waals surface area (Å²) in [6.07, 6.45) is 8.38. The number of nitrogens with one attached hydrogen (secondary N) is 1. The molecule has 0 bridgehead atoms. The first-order chi connectivity index (χ1) is 8.88. The normalized spacial score (nSPS) is 26.8. The van der Waals surface area contributed by atoms with Gasteiger partial charge in [-0.2, -0.15) is 0 Å². The Balaban J connectivity index is 1.52. The van der Waals surface area contributed by atoms with Crippen LogP contribution < -0.4 is 5.32 Å². The molecule has 0 amide bonds. The second-order valence-corrected chi connectivity index (χ2v) is 5.91. The van der Waals surface area contributed by atoms with Gasteiger partial charge in [0.05, 0.1) is 6.10 Å². The van der Waals surface area contributed by atoms with E-state index in [2.05, 4.69) is 17.1 Å². The van der Waals surface area contributed by atoms with Crippen LogP contribution in [0.5, 0.6) is 0 Å². The Labute approximate surface area is 112 Å². The molecule has 0 aromatic heterocycles. The largest absolute Gasteiger partial charge is 0.378 e. The fourth-order valence-electron chi connectivity index (χ4n) is 3.10. The Kier molecular flexibility index (Phi) is 6.46. The van der Waals surface area contributed by atoms with E-state index in [1.165, 1.54) is 71.2 Å². The number of rotatable bonds is 7. The van der Waals surface area contributed by atoms with Crippen molar-refractivity contribution in [3.63, 3.8) is 0 Å². The highest BCUT2D eigenvalue weighted by Crippen LogP contribution is 2.19. The molecule has 2 aliphatic rings. The van der Waals surface area contributed by atoms with Crippen molar-refractivity contribution in [3.05, 3.63) is 0 Å². The van der Waals surface area contributed by atoms with Gasteiger partial charge in [0, 0.05) is 13.2 Å². The average Bonchev–Trinajstić information content (AvgIpc) is 2.91. The lowest BCUT2D eigenvalue weighted by atomic mass is 9.96. The van der Waals surface area contributed by atoms with Crippen LogP contribution in [-0.2, 0) is 4.74 Å². The first-order valence-corrected chi connectivity index (χ1v) is 7.93. The van der Waals surface area contributed by atoms with Crippen molar-refractivity contribution in [3.8, 4) is 0 Å². The number of likely N-dealkylation sites (tertiary alicyclic amines) is 1. The van der Waals surface area contributed by atoms with Gasteiger partial charge in [0.2, 0.25) is 0 Å². The summed E-state index contributed by atoms with van der Waals surface area (Å²) >= 11 is 0. The molecule has 0 radical (unpaired) electrons. The van der Waals surface area contributed by atoms with Crippen LogP contribution in [0, 0.1) is 5.92 Å². The molecule has 2 aliphatic heterocycles. The minimum atomic E-state index is 0.564. The number of hydrogen-bond acceptors (Lipinski definition) is 3. The summed E-state index contributed by atoms with van der Waals surface area (Å²) in [4.78, 5) is 2.64. The lowest BCUT2D eigenvalue weighted by Gasteiger charge is -2.32. The van der Waals surface area contributed by atoms with Crippen molar-refractivity contribution in [2.24, 2.45) is 5.92 Å². The Morgan fingerprint density at radius 2 is 2.06 bits per heavy atom. The molecule has 1 N–H and O–H groups in total. The number of hydrogen-bond donors (Lipinski definition) is 1. The summed E-state index contributed by atoms with van der Waals surface area (Å²) in [7, 11) is 0. The van der Waals surface area contributed by atoms with E-state index in [4.69, 9.17) is 4.74 Å². The smallest absolute Gasteiger partial charge is 0.0588 e. The molecule has 3 nitrogen and oxygen atoms in total. The van der Waals surface area contributed by atoms with Gasteiger partial charge in [-0.1, -0.05) is 6.92 Å². The molecule has 0 spiro atoms. The van der Waals surface area contributed by atoms with Crippen LogP contribution in [-0.4, -0.2) is 50.3 Å². The second-order valence-electron chi connectivity index (χ2n) is 5.91. The van der Waals surface area contributed by atoms with Crippen LogP contribution in [0.3, 0.4) is 0 Å². The Morgan fingerprint density at radius 3 is 2.72 bits per heavy atom. The van der Waals surface area contributed by atoms with Crippen molar-refractivity contribution in [1.82, 2.24) is 10.2 Å². The van der Waals surface area contributed by atoms with Gasteiger partial charge >= 0.3 is 0 Å². The molecule has 0 saturated carbocycles. The molecular formula is C15H30N2O. The maximum absolute atomic E-state index is 5.69. The SMILES string of the molecule is CCCNCC1CCN(CCC2CCCO2)CC1. The average molecular weight is 254 g/mol. The molecule has 0 aromatic carbocycles. The summed E-state index contributed by atoms with van der Waals surface area (Å²) in [5, 5.41) is 3.56. The summed E-state index contributed by atoms with van der Waals surface area (Å²) in [5.74, 6) is 0.913. The standard InChI is InChI=1S/C15H30N2O/c1-2-8-16-13-14-5-9-17(10-6-14)11-7-15-4-3-12-18-15/h14-16H,2-13H2,1H3. The van der Waals surface area contributed by atoms with Crippen molar-refractivity contribution >= 4 is 0 Å². The molecular weight excluding hydrogens is 224 g/mol. The third-order valence-corrected chi connectivity index (χ3v) is 4.36. The molecule has 106 valence electrons. The quantitative estimate of drug-likeness (QED) is 0.705. The Bertz CT molecular complexity index is 209. The third kappa shape index (κ3) is 4.87. The zero-order valence-electron chi connectivity index (χ0n) is 12.0. The number of ether oxygens (including phenoxy) is 1. The van der Waals surface area contributed by atoms with Crippen molar-refractivity contribution in [2.75, 3.05) is 39.3 Å². The highest BCUT2D eigenvalue weighted by atomic mass is 16.5. The molecule has 1 unspecified atom stereocenters. The predicted molar refractivity (Wildman–Crippen MR) is 75.9 cm³/mol. The van der Waals surface area contributed by atoms with Crippen LogP contribution in [0.1, 0.15) is 45.4 Å². The molecule has 1 atom stereocenters. The van der Waals surface area contributed by atoms with E-state index in [0.717, 1.165) is 12.5 Å². The van der Waals surface area contributed by atoms with Gasteiger partial charge in [0.25, 0.3) is 0 Å². The van der Waals surface area contributed by atoms with Gasteiger partial charge in [-0.3, -0.25) is 0 Å². The van der Waals surface area contributed by atoms with E-state index in [0.29, 0.717) is 6.10 Å². The maximum Gasteiger partial charge on any atom is 0.0588 e. The zero-order chi connectivity index (χ0) is 12.6. The molecule has 0 aliphatic carbocycles. The first-order valence-electron chi connectivity index (χ1n) is 7.93. The van der Waals surface area contributed by atoms with Gasteiger partial charge in [0.15, 0.2) is 0 Å². The monoisotopic (exact) mass is 254 g/mol. The molecule has 2 saturated heterocycles. The fraction of sp³-hybridized carbons (Fsp3) is 1.00. The number of nitrogens with zero attached hydrogens (tertiary/aromatic N) is 1. The first kappa shape index (κ1) is 14.3. The van der Waals surface area contributed by atoms with Gasteiger partial charge in [0.1, 0.15) is 0 Å². The molecule has 2 heterocycles. The van der Waals surface area contributed by atoms with Crippen molar-refractivity contribution < 1.29 is 4.74 Å². The topological polar surface area (TPSA) is 24.5 Å². The highest BCUT2D eigenvalue weighted by molar-refractivity contribution is 4.75. The van der Waals surface area contributed by atoms with Gasteiger partial charge in [-0.25, -0.2) is 0 Å². The van der Waals surface area contributed by atoms with Crippen LogP contribution in [0.4, 0.5) is 0 Å². The summed E-state index contributed by atoms with van der Waals surface area (Å²) in [6, 6.07) is 0. The van der Waals surface area contributed by atoms with Crippen molar-refractivity contribution in [2.45, 2.75) is 51.6 Å². The predicted octanol–water partition coefficient (Wildman–Crippen LogP) is 2.27. The Morgan fingerprint density at radius 1 is 1.22 bits per heavy atom. The molecule has 2 fully saturated rings.